The van der Waals surface area contributed by atoms with Crippen LogP contribution in [0.15, 0.2) is 18.3 Å². The van der Waals surface area contributed by atoms with Gasteiger partial charge in [0.1, 0.15) is 5.56 Å². The van der Waals surface area contributed by atoms with Crippen molar-refractivity contribution < 1.29 is 31.5 Å². The molecule has 100 valence electrons. The number of hydrogen-bond acceptors (Lipinski definition) is 3. The Morgan fingerprint density at radius 1 is 1.33 bits per heavy atom. The first-order valence-corrected chi connectivity index (χ1v) is 4.47. The van der Waals surface area contributed by atoms with Gasteiger partial charge in [-0.3, -0.25) is 4.79 Å². The zero-order valence-electron chi connectivity index (χ0n) is 8.67. The molecule has 1 heterocycles. The van der Waals surface area contributed by atoms with Crippen molar-refractivity contribution in [2.45, 2.75) is 12.1 Å². The third-order valence-electron chi connectivity index (χ3n) is 1.83. The molecule has 4 nitrogen and oxygen atoms in total. The van der Waals surface area contributed by atoms with Crippen molar-refractivity contribution >= 4 is 5.91 Å². The van der Waals surface area contributed by atoms with E-state index >= 15 is 0 Å². The van der Waals surface area contributed by atoms with E-state index in [4.69, 9.17) is 0 Å². The number of rotatable bonds is 4. The Labute approximate surface area is 97.6 Å². The largest absolute Gasteiger partial charge is 0.470 e. The van der Waals surface area contributed by atoms with Crippen LogP contribution in [0.3, 0.4) is 0 Å². The molecule has 0 unspecified atom stereocenters. The number of nitrogens with zero attached hydrogens (tertiary/aromatic N) is 1. The molecule has 0 saturated heterocycles. The quantitative estimate of drug-likeness (QED) is 0.845. The van der Waals surface area contributed by atoms with Crippen LogP contribution in [0.4, 0.5) is 22.0 Å². The third-order valence-corrected chi connectivity index (χ3v) is 1.83. The number of aromatic nitrogens is 1. The highest BCUT2D eigenvalue weighted by molar-refractivity contribution is 5.81. The number of halogens is 5. The monoisotopic (exact) mass is 270 g/mol. The molecule has 1 aromatic rings. The van der Waals surface area contributed by atoms with Gasteiger partial charge in [-0.15, -0.1) is 0 Å². The lowest BCUT2D eigenvalue weighted by Crippen LogP contribution is -2.40. The number of carbonyl (C=O) groups is 1. The topological polar surface area (TPSA) is 65.2 Å². The molecule has 0 aliphatic carbocycles. The number of pyridine rings is 1. The summed E-state index contributed by atoms with van der Waals surface area (Å²) in [4.78, 5) is 13.5. The fraction of sp³-hybridized carbons (Fsp3) is 0.333. The second kappa shape index (κ2) is 4.75. The summed E-state index contributed by atoms with van der Waals surface area (Å²) in [5.41, 5.74) is 3.03. The minimum atomic E-state index is -4.80. The van der Waals surface area contributed by atoms with E-state index in [1.54, 1.807) is 0 Å². The number of carbonyl (C=O) groups excluding carboxylic acids is 1. The molecule has 2 N–H and O–H groups in total. The summed E-state index contributed by atoms with van der Waals surface area (Å²) in [6, 6.07) is 1.59. The Kier molecular flexibility index (Phi) is 3.73. The zero-order valence-corrected chi connectivity index (χ0v) is 8.67. The van der Waals surface area contributed by atoms with Gasteiger partial charge in [0.25, 0.3) is 5.91 Å². The first-order chi connectivity index (χ1) is 8.14. The molecular formula is C9H7F5N2O2. The Morgan fingerprint density at radius 3 is 2.44 bits per heavy atom. The number of alkyl halides is 5. The molecule has 0 atom stereocenters. The van der Waals surface area contributed by atoms with Gasteiger partial charge in [0.05, 0.1) is 0 Å². The fourth-order valence-electron chi connectivity index (χ4n) is 0.952. The van der Waals surface area contributed by atoms with Gasteiger partial charge in [-0.2, -0.15) is 22.0 Å². The van der Waals surface area contributed by atoms with E-state index < -0.39 is 36.1 Å². The van der Waals surface area contributed by atoms with Crippen LogP contribution in [-0.2, 0) is 11.0 Å². The molecule has 0 aliphatic heterocycles. The maximum Gasteiger partial charge on any atom is 0.421 e. The predicted molar refractivity (Wildman–Crippen MR) is 48.9 cm³/mol. The van der Waals surface area contributed by atoms with Crippen LogP contribution in [0.2, 0.25) is 0 Å². The first-order valence-electron chi connectivity index (χ1n) is 4.47. The van der Waals surface area contributed by atoms with Crippen molar-refractivity contribution in [1.29, 1.82) is 0 Å². The molecule has 0 saturated carbocycles. The lowest BCUT2D eigenvalue weighted by atomic mass is 10.2. The maximum atomic E-state index is 12.8. The van der Waals surface area contributed by atoms with Crippen LogP contribution in [0.25, 0.3) is 0 Å². The molecule has 0 bridgehead atoms. The summed E-state index contributed by atoms with van der Waals surface area (Å²) in [5, 5.41) is 0. The van der Waals surface area contributed by atoms with Crippen molar-refractivity contribution in [3.63, 3.8) is 0 Å². The van der Waals surface area contributed by atoms with E-state index in [-0.39, 0.29) is 0 Å². The highest BCUT2D eigenvalue weighted by atomic mass is 19.4. The minimum Gasteiger partial charge on any atom is -0.470 e. The van der Waals surface area contributed by atoms with Gasteiger partial charge >= 0.3 is 12.1 Å². The highest BCUT2D eigenvalue weighted by Gasteiger charge is 2.40. The summed E-state index contributed by atoms with van der Waals surface area (Å²) in [5.74, 6) is -7.10. The van der Waals surface area contributed by atoms with Gasteiger partial charge < -0.3 is 10.5 Å². The number of amides is 1. The average Bonchev–Trinajstić information content (AvgIpc) is 2.25. The third kappa shape index (κ3) is 3.28. The van der Waals surface area contributed by atoms with Crippen molar-refractivity contribution in [2.24, 2.45) is 5.73 Å². The van der Waals surface area contributed by atoms with Crippen LogP contribution in [0, 0.1) is 0 Å². The van der Waals surface area contributed by atoms with E-state index in [2.05, 4.69) is 15.5 Å². The van der Waals surface area contributed by atoms with E-state index in [1.807, 2.05) is 0 Å². The Hall–Kier alpha value is -1.93. The molecule has 0 spiro atoms. The van der Waals surface area contributed by atoms with Crippen molar-refractivity contribution in [2.75, 3.05) is 6.61 Å². The van der Waals surface area contributed by atoms with Gasteiger partial charge in [-0.05, 0) is 12.1 Å². The summed E-state index contributed by atoms with van der Waals surface area (Å²) in [7, 11) is 0. The first kappa shape index (κ1) is 14.1. The van der Waals surface area contributed by atoms with E-state index in [0.29, 0.717) is 6.07 Å². The minimum absolute atomic E-state index is 0.616. The molecule has 1 rings (SSSR count). The Bertz CT molecular complexity index is 447. The Balaban J connectivity index is 2.90. The van der Waals surface area contributed by atoms with Crippen molar-refractivity contribution in [3.8, 4) is 5.88 Å². The van der Waals surface area contributed by atoms with Gasteiger partial charge in [-0.1, -0.05) is 0 Å². The normalized spacial score (nSPS) is 12.3. The van der Waals surface area contributed by atoms with E-state index in [0.717, 1.165) is 12.3 Å². The molecule has 0 fully saturated rings. The molecule has 0 aliphatic rings. The maximum absolute atomic E-state index is 12.8. The summed E-state index contributed by atoms with van der Waals surface area (Å²) in [6.07, 6.45) is -3.86. The van der Waals surface area contributed by atoms with Crippen LogP contribution in [0.1, 0.15) is 5.56 Å². The van der Waals surface area contributed by atoms with Crippen molar-refractivity contribution in [3.05, 3.63) is 23.9 Å². The van der Waals surface area contributed by atoms with E-state index in [9.17, 15) is 26.7 Å². The van der Waals surface area contributed by atoms with Crippen LogP contribution < -0.4 is 10.5 Å². The molecule has 0 aromatic carbocycles. The van der Waals surface area contributed by atoms with Gasteiger partial charge in [0.15, 0.2) is 6.61 Å². The Morgan fingerprint density at radius 2 is 1.94 bits per heavy atom. The molecule has 18 heavy (non-hydrogen) atoms. The molecule has 0 radical (unpaired) electrons. The summed E-state index contributed by atoms with van der Waals surface area (Å²) >= 11 is 0. The van der Waals surface area contributed by atoms with Gasteiger partial charge in [0.2, 0.25) is 5.88 Å². The summed E-state index contributed by atoms with van der Waals surface area (Å²) < 4.78 is 67.0. The number of nitrogens with two attached hydrogens (primary N) is 1. The SMILES string of the molecule is NC(=O)C(F)(F)COc1ncccc1C(F)(F)F. The van der Waals surface area contributed by atoms with Crippen LogP contribution >= 0.6 is 0 Å². The van der Waals surface area contributed by atoms with Gasteiger partial charge in [0, 0.05) is 6.20 Å². The molecule has 1 aromatic heterocycles. The number of primary amides is 1. The summed E-state index contributed by atoms with van der Waals surface area (Å²) in [6.45, 7) is -1.61. The number of hydrogen-bond donors (Lipinski definition) is 1. The molecule has 9 heteroatoms. The lowest BCUT2D eigenvalue weighted by molar-refractivity contribution is -0.148. The standard InChI is InChI=1S/C9H7F5N2O2/c10-8(11,7(15)17)4-18-6-5(9(12,13)14)2-1-3-16-6/h1-3H,4H2,(H2,15,17). The van der Waals surface area contributed by atoms with Crippen LogP contribution in [-0.4, -0.2) is 23.4 Å². The lowest BCUT2D eigenvalue weighted by Gasteiger charge is -2.15. The number of ether oxygens (including phenoxy) is 1. The smallest absolute Gasteiger partial charge is 0.421 e. The fourth-order valence-corrected chi connectivity index (χ4v) is 0.952. The van der Waals surface area contributed by atoms with E-state index in [1.165, 1.54) is 0 Å². The zero-order chi connectivity index (χ0) is 14.0. The van der Waals surface area contributed by atoms with Crippen LogP contribution in [0.5, 0.6) is 5.88 Å². The van der Waals surface area contributed by atoms with Gasteiger partial charge in [-0.25, -0.2) is 4.98 Å². The average molecular weight is 270 g/mol. The molecular weight excluding hydrogens is 263 g/mol. The second-order valence-corrected chi connectivity index (χ2v) is 3.21. The highest BCUT2D eigenvalue weighted by Crippen LogP contribution is 2.34. The second-order valence-electron chi connectivity index (χ2n) is 3.21. The predicted octanol–water partition coefficient (Wildman–Crippen LogP) is 1.60. The van der Waals surface area contributed by atoms with Crippen molar-refractivity contribution in [1.82, 2.24) is 4.98 Å². The molecule has 1 amide bonds.